The first kappa shape index (κ1) is 15.4. The molecule has 0 spiro atoms. The summed E-state index contributed by atoms with van der Waals surface area (Å²) in [6, 6.07) is 11.0. The van der Waals surface area contributed by atoms with Gasteiger partial charge in [-0.15, -0.1) is 0 Å². The zero-order valence-corrected chi connectivity index (χ0v) is 13.0. The van der Waals surface area contributed by atoms with Crippen LogP contribution in [0.25, 0.3) is 6.08 Å². The summed E-state index contributed by atoms with van der Waals surface area (Å²) in [5.74, 6) is 0. The number of aromatic nitrogens is 4. The molecule has 0 aliphatic rings. The number of nitrogens with zero attached hydrogens (tertiary/aromatic N) is 4. The summed E-state index contributed by atoms with van der Waals surface area (Å²) in [7, 11) is 0. The van der Waals surface area contributed by atoms with E-state index in [9.17, 15) is 5.11 Å². The third kappa shape index (κ3) is 3.83. The van der Waals surface area contributed by atoms with Crippen LogP contribution >= 0.6 is 11.6 Å². The topological polar surface area (TPSA) is 63.8 Å². The minimum atomic E-state index is -1.23. The fraction of sp³-hybridized carbons (Fsp3) is 0.118. The monoisotopic (exact) mass is 326 g/mol. The maximum atomic E-state index is 11.1. The summed E-state index contributed by atoms with van der Waals surface area (Å²) in [5, 5.41) is 15.9. The number of halogens is 1. The van der Waals surface area contributed by atoms with E-state index in [1.165, 1.54) is 6.33 Å². The van der Waals surface area contributed by atoms with Gasteiger partial charge in [0.15, 0.2) is 0 Å². The highest BCUT2D eigenvalue weighted by Gasteiger charge is 2.27. The van der Waals surface area contributed by atoms with Gasteiger partial charge in [-0.1, -0.05) is 29.8 Å². The molecule has 0 saturated heterocycles. The van der Waals surface area contributed by atoms with E-state index in [2.05, 4.69) is 15.1 Å². The van der Waals surface area contributed by atoms with Crippen molar-refractivity contribution in [2.45, 2.75) is 12.1 Å². The van der Waals surface area contributed by atoms with Crippen LogP contribution < -0.4 is 0 Å². The van der Waals surface area contributed by atoms with Crippen molar-refractivity contribution < 1.29 is 5.11 Å². The summed E-state index contributed by atoms with van der Waals surface area (Å²) in [6.07, 6.45) is 9.91. The van der Waals surface area contributed by atoms with Gasteiger partial charge in [-0.2, -0.15) is 5.10 Å². The maximum absolute atomic E-state index is 11.1. The van der Waals surface area contributed by atoms with E-state index in [0.717, 1.165) is 11.1 Å². The molecule has 1 N–H and O–H groups in total. The Hall–Kier alpha value is -2.50. The van der Waals surface area contributed by atoms with Crippen molar-refractivity contribution in [3.63, 3.8) is 0 Å². The predicted octanol–water partition coefficient (Wildman–Crippen LogP) is 2.93. The quantitative estimate of drug-likeness (QED) is 0.783. The second kappa shape index (κ2) is 6.73. The van der Waals surface area contributed by atoms with Gasteiger partial charge in [0.2, 0.25) is 0 Å². The Balaban J connectivity index is 1.93. The van der Waals surface area contributed by atoms with Crippen molar-refractivity contribution in [1.82, 2.24) is 19.7 Å². The Labute approximate surface area is 138 Å². The molecule has 3 aromatic rings. The first-order chi connectivity index (χ1) is 11.2. The molecule has 2 heterocycles. The van der Waals surface area contributed by atoms with E-state index >= 15 is 0 Å². The fourth-order valence-electron chi connectivity index (χ4n) is 2.25. The molecule has 0 amide bonds. The maximum Gasteiger partial charge on any atom is 0.137 e. The number of pyridine rings is 1. The standard InChI is InChI=1S/C17H15ClN4O/c18-16-3-1-14(2-4-16)5-8-17(23,11-22-13-20-12-21-22)15-6-9-19-10-7-15/h1-10,12-13,23H,11H2. The van der Waals surface area contributed by atoms with Crippen molar-refractivity contribution in [3.05, 3.63) is 83.7 Å². The Morgan fingerprint density at radius 3 is 2.48 bits per heavy atom. The Bertz CT molecular complexity index is 772. The van der Waals surface area contributed by atoms with Crippen molar-refractivity contribution in [3.8, 4) is 0 Å². The molecule has 0 fully saturated rings. The normalized spacial score (nSPS) is 14.0. The molecule has 1 atom stereocenters. The molecule has 3 rings (SSSR count). The highest BCUT2D eigenvalue weighted by atomic mass is 35.5. The molecular formula is C17H15ClN4O. The van der Waals surface area contributed by atoms with E-state index in [0.29, 0.717) is 5.02 Å². The smallest absolute Gasteiger partial charge is 0.137 e. The summed E-state index contributed by atoms with van der Waals surface area (Å²) in [4.78, 5) is 7.92. The van der Waals surface area contributed by atoms with Crippen LogP contribution in [0.5, 0.6) is 0 Å². The average Bonchev–Trinajstić information content (AvgIpc) is 3.08. The van der Waals surface area contributed by atoms with E-state index < -0.39 is 5.60 Å². The largest absolute Gasteiger partial charge is 0.379 e. The summed E-state index contributed by atoms with van der Waals surface area (Å²) in [6.45, 7) is 0.251. The molecule has 1 aromatic carbocycles. The van der Waals surface area contributed by atoms with Gasteiger partial charge in [0.25, 0.3) is 0 Å². The highest BCUT2D eigenvalue weighted by molar-refractivity contribution is 6.30. The van der Waals surface area contributed by atoms with Gasteiger partial charge in [-0.3, -0.25) is 4.98 Å². The summed E-state index contributed by atoms with van der Waals surface area (Å²) < 4.78 is 1.59. The summed E-state index contributed by atoms with van der Waals surface area (Å²) in [5.41, 5.74) is 0.449. The molecule has 5 nitrogen and oxygen atoms in total. The molecule has 0 aliphatic heterocycles. The van der Waals surface area contributed by atoms with Gasteiger partial charge in [0.1, 0.15) is 18.3 Å². The van der Waals surface area contributed by atoms with Gasteiger partial charge in [0, 0.05) is 17.4 Å². The number of benzene rings is 1. The van der Waals surface area contributed by atoms with Crippen LogP contribution in [0.3, 0.4) is 0 Å². The number of hydrogen-bond acceptors (Lipinski definition) is 4. The first-order valence-corrected chi connectivity index (χ1v) is 7.44. The van der Waals surface area contributed by atoms with Gasteiger partial charge in [-0.05, 0) is 41.5 Å². The lowest BCUT2D eigenvalue weighted by Gasteiger charge is -2.25. The van der Waals surface area contributed by atoms with Gasteiger partial charge >= 0.3 is 0 Å². The van der Waals surface area contributed by atoms with Crippen LogP contribution in [0.4, 0.5) is 0 Å². The lowest BCUT2D eigenvalue weighted by Crippen LogP contribution is -2.29. The SMILES string of the molecule is OC(C=Cc1ccc(Cl)cc1)(Cn1cncn1)c1ccncc1. The second-order valence-electron chi connectivity index (χ2n) is 5.14. The lowest BCUT2D eigenvalue weighted by molar-refractivity contribution is 0.0663. The van der Waals surface area contributed by atoms with Crippen molar-refractivity contribution in [2.75, 3.05) is 0 Å². The zero-order valence-electron chi connectivity index (χ0n) is 12.2. The van der Waals surface area contributed by atoms with E-state index in [1.54, 1.807) is 41.6 Å². The molecule has 6 heteroatoms. The Morgan fingerprint density at radius 2 is 1.83 bits per heavy atom. The van der Waals surface area contributed by atoms with Gasteiger partial charge < -0.3 is 5.11 Å². The van der Waals surface area contributed by atoms with Crippen molar-refractivity contribution in [1.29, 1.82) is 0 Å². The van der Waals surface area contributed by atoms with Crippen LogP contribution in [0, 0.1) is 0 Å². The van der Waals surface area contributed by atoms with Crippen LogP contribution in [0.2, 0.25) is 5.02 Å². The fourth-order valence-corrected chi connectivity index (χ4v) is 2.38. The highest BCUT2D eigenvalue weighted by Crippen LogP contribution is 2.25. The van der Waals surface area contributed by atoms with Crippen molar-refractivity contribution in [2.24, 2.45) is 0 Å². The number of rotatable bonds is 5. The van der Waals surface area contributed by atoms with Gasteiger partial charge in [-0.25, -0.2) is 9.67 Å². The van der Waals surface area contributed by atoms with Crippen LogP contribution in [-0.4, -0.2) is 24.9 Å². The first-order valence-electron chi connectivity index (χ1n) is 7.06. The van der Waals surface area contributed by atoms with Crippen LogP contribution in [-0.2, 0) is 12.1 Å². The third-order valence-corrected chi connectivity index (χ3v) is 3.72. The molecule has 23 heavy (non-hydrogen) atoms. The van der Waals surface area contributed by atoms with Gasteiger partial charge in [0.05, 0.1) is 6.54 Å². The third-order valence-electron chi connectivity index (χ3n) is 3.47. The lowest BCUT2D eigenvalue weighted by atomic mass is 9.93. The van der Waals surface area contributed by atoms with E-state index in [-0.39, 0.29) is 6.54 Å². The molecular weight excluding hydrogens is 312 g/mol. The van der Waals surface area contributed by atoms with E-state index in [4.69, 9.17) is 11.6 Å². The Morgan fingerprint density at radius 1 is 1.09 bits per heavy atom. The number of aliphatic hydroxyl groups is 1. The molecule has 0 saturated carbocycles. The average molecular weight is 327 g/mol. The van der Waals surface area contributed by atoms with Crippen LogP contribution in [0.1, 0.15) is 11.1 Å². The van der Waals surface area contributed by atoms with E-state index in [1.807, 2.05) is 30.3 Å². The molecule has 116 valence electrons. The minimum Gasteiger partial charge on any atom is -0.379 e. The molecule has 2 aromatic heterocycles. The number of hydrogen-bond donors (Lipinski definition) is 1. The molecule has 0 radical (unpaired) electrons. The van der Waals surface area contributed by atoms with Crippen molar-refractivity contribution >= 4 is 17.7 Å². The minimum absolute atomic E-state index is 0.251. The second-order valence-corrected chi connectivity index (χ2v) is 5.57. The van der Waals surface area contributed by atoms with Crippen LogP contribution in [0.15, 0.2) is 67.5 Å². The molecule has 1 unspecified atom stereocenters. The molecule has 0 aliphatic carbocycles. The Kier molecular flexibility index (Phi) is 4.50. The molecule has 0 bridgehead atoms. The predicted molar refractivity (Wildman–Crippen MR) is 88.6 cm³/mol. The summed E-state index contributed by atoms with van der Waals surface area (Å²) >= 11 is 5.89. The zero-order chi connectivity index (χ0) is 16.1.